The number of benzene rings is 1. The second kappa shape index (κ2) is 3.95. The van der Waals surface area contributed by atoms with E-state index in [1.165, 1.54) is 0 Å². The molecule has 1 aromatic carbocycles. The lowest BCUT2D eigenvalue weighted by molar-refractivity contribution is 0.188. The highest BCUT2D eigenvalue weighted by atomic mass is 16.5. The van der Waals surface area contributed by atoms with Crippen molar-refractivity contribution in [3.8, 4) is 5.75 Å². The third-order valence-corrected chi connectivity index (χ3v) is 2.29. The van der Waals surface area contributed by atoms with Crippen LogP contribution >= 0.6 is 0 Å². The van der Waals surface area contributed by atoms with Crippen LogP contribution in [0.1, 0.15) is 12.7 Å². The Kier molecular flexibility index (Phi) is 2.64. The fraction of sp³-hybridized carbons (Fsp3) is 0.333. The molecular weight excluding hydrogens is 192 g/mol. The number of hydrogen-bond acceptors (Lipinski definition) is 3. The highest BCUT2D eigenvalue weighted by Crippen LogP contribution is 2.28. The smallest absolute Gasteiger partial charge is 0.138 e. The minimum absolute atomic E-state index is 0.392. The normalized spacial score (nSPS) is 13.0. The number of aliphatic hydroxyl groups is 1. The Morgan fingerprint density at radius 2 is 2.27 bits per heavy atom. The first-order valence-corrected chi connectivity index (χ1v) is 4.94. The van der Waals surface area contributed by atoms with Crippen molar-refractivity contribution in [3.05, 3.63) is 30.0 Å². The Hall–Kier alpha value is -1.48. The first-order valence-electron chi connectivity index (χ1n) is 4.94. The molecule has 2 rings (SSSR count). The van der Waals surface area contributed by atoms with Gasteiger partial charge in [0.15, 0.2) is 0 Å². The van der Waals surface area contributed by atoms with Gasteiger partial charge in [-0.15, -0.1) is 0 Å². The summed E-state index contributed by atoms with van der Waals surface area (Å²) in [6.07, 6.45) is 0.134. The van der Waals surface area contributed by atoms with Gasteiger partial charge < -0.3 is 14.3 Å². The van der Waals surface area contributed by atoms with Gasteiger partial charge in [-0.05, 0) is 25.1 Å². The molecule has 1 unspecified atom stereocenters. The van der Waals surface area contributed by atoms with E-state index in [1.54, 1.807) is 14.0 Å². The Bertz CT molecular complexity index is 457. The molecule has 0 radical (unpaired) electrons. The van der Waals surface area contributed by atoms with Crippen LogP contribution in [-0.2, 0) is 6.42 Å². The van der Waals surface area contributed by atoms with Crippen LogP contribution in [0.2, 0.25) is 0 Å². The van der Waals surface area contributed by atoms with Gasteiger partial charge in [0.05, 0.1) is 18.6 Å². The van der Waals surface area contributed by atoms with E-state index >= 15 is 0 Å². The van der Waals surface area contributed by atoms with Crippen LogP contribution in [0.4, 0.5) is 0 Å². The summed E-state index contributed by atoms with van der Waals surface area (Å²) in [6.45, 7) is 1.74. The van der Waals surface area contributed by atoms with Gasteiger partial charge in [-0.2, -0.15) is 0 Å². The number of methoxy groups -OCH3 is 1. The summed E-state index contributed by atoms with van der Waals surface area (Å²) in [4.78, 5) is 0. The molecule has 0 aliphatic carbocycles. The van der Waals surface area contributed by atoms with E-state index in [1.807, 2.05) is 24.3 Å². The summed E-state index contributed by atoms with van der Waals surface area (Å²) in [5.41, 5.74) is 0.796. The van der Waals surface area contributed by atoms with Gasteiger partial charge in [0.2, 0.25) is 0 Å². The highest BCUT2D eigenvalue weighted by molar-refractivity contribution is 5.84. The maximum Gasteiger partial charge on any atom is 0.138 e. The van der Waals surface area contributed by atoms with Crippen molar-refractivity contribution >= 4 is 11.0 Å². The lowest BCUT2D eigenvalue weighted by atomic mass is 10.2. The molecule has 1 heterocycles. The molecule has 1 aromatic heterocycles. The lowest BCUT2D eigenvalue weighted by Gasteiger charge is -1.98. The monoisotopic (exact) mass is 206 g/mol. The van der Waals surface area contributed by atoms with Crippen molar-refractivity contribution in [3.63, 3.8) is 0 Å². The molecule has 0 fully saturated rings. The highest BCUT2D eigenvalue weighted by Gasteiger charge is 2.09. The van der Waals surface area contributed by atoms with Crippen LogP contribution in [0.3, 0.4) is 0 Å². The van der Waals surface area contributed by atoms with Crippen molar-refractivity contribution in [1.82, 2.24) is 0 Å². The average molecular weight is 206 g/mol. The van der Waals surface area contributed by atoms with Crippen LogP contribution in [0.5, 0.6) is 5.75 Å². The number of aliphatic hydroxyl groups excluding tert-OH is 1. The molecule has 3 heteroatoms. The van der Waals surface area contributed by atoms with E-state index in [9.17, 15) is 5.11 Å². The molecule has 0 spiro atoms. The summed E-state index contributed by atoms with van der Waals surface area (Å²) in [5.74, 6) is 1.58. The summed E-state index contributed by atoms with van der Waals surface area (Å²) in [5, 5.41) is 10.2. The van der Waals surface area contributed by atoms with E-state index in [0.717, 1.165) is 22.5 Å². The van der Waals surface area contributed by atoms with Gasteiger partial charge in [0, 0.05) is 6.42 Å². The van der Waals surface area contributed by atoms with Crippen LogP contribution in [-0.4, -0.2) is 18.3 Å². The summed E-state index contributed by atoms with van der Waals surface area (Å²) < 4.78 is 10.8. The van der Waals surface area contributed by atoms with Crippen LogP contribution in [0.25, 0.3) is 11.0 Å². The molecule has 1 atom stereocenters. The minimum atomic E-state index is -0.392. The molecular formula is C12H14O3. The largest absolute Gasteiger partial charge is 0.496 e. The van der Waals surface area contributed by atoms with Crippen molar-refractivity contribution in [2.24, 2.45) is 0 Å². The van der Waals surface area contributed by atoms with Crippen molar-refractivity contribution in [2.45, 2.75) is 19.4 Å². The quantitative estimate of drug-likeness (QED) is 0.838. The minimum Gasteiger partial charge on any atom is -0.496 e. The maximum atomic E-state index is 9.27. The molecule has 2 aromatic rings. The second-order valence-electron chi connectivity index (χ2n) is 3.64. The van der Waals surface area contributed by atoms with Crippen LogP contribution in [0, 0.1) is 0 Å². The molecule has 0 aliphatic rings. The van der Waals surface area contributed by atoms with Gasteiger partial charge in [-0.25, -0.2) is 0 Å². The first-order chi connectivity index (χ1) is 7.20. The number of rotatable bonds is 3. The average Bonchev–Trinajstić information content (AvgIpc) is 2.58. The zero-order chi connectivity index (χ0) is 10.8. The standard InChI is InChI=1S/C12H14O3/c1-8(13)6-9-7-10-11(14-2)4-3-5-12(10)15-9/h3-5,7-8,13H,6H2,1-2H3. The van der Waals surface area contributed by atoms with Gasteiger partial charge in [0.1, 0.15) is 17.1 Å². The Morgan fingerprint density at radius 1 is 1.47 bits per heavy atom. The number of hydrogen-bond donors (Lipinski definition) is 1. The third-order valence-electron chi connectivity index (χ3n) is 2.29. The zero-order valence-corrected chi connectivity index (χ0v) is 8.86. The van der Waals surface area contributed by atoms with Crippen LogP contribution in [0.15, 0.2) is 28.7 Å². The van der Waals surface area contributed by atoms with Gasteiger partial charge in [-0.1, -0.05) is 6.07 Å². The molecule has 1 N–H and O–H groups in total. The van der Waals surface area contributed by atoms with E-state index in [-0.39, 0.29) is 0 Å². The number of furan rings is 1. The van der Waals surface area contributed by atoms with Crippen molar-refractivity contribution < 1.29 is 14.3 Å². The molecule has 80 valence electrons. The molecule has 15 heavy (non-hydrogen) atoms. The Balaban J connectivity index is 2.45. The van der Waals surface area contributed by atoms with Crippen molar-refractivity contribution in [1.29, 1.82) is 0 Å². The van der Waals surface area contributed by atoms with Gasteiger partial charge >= 0.3 is 0 Å². The maximum absolute atomic E-state index is 9.27. The van der Waals surface area contributed by atoms with E-state index in [0.29, 0.717) is 6.42 Å². The molecule has 0 bridgehead atoms. The Labute approximate surface area is 88.3 Å². The zero-order valence-electron chi connectivity index (χ0n) is 8.86. The lowest BCUT2D eigenvalue weighted by Crippen LogP contribution is -2.02. The third kappa shape index (κ3) is 1.97. The molecule has 0 aliphatic heterocycles. The number of fused-ring (bicyclic) bond motifs is 1. The fourth-order valence-electron chi connectivity index (χ4n) is 1.66. The molecule has 0 amide bonds. The van der Waals surface area contributed by atoms with E-state index in [4.69, 9.17) is 9.15 Å². The predicted octanol–water partition coefficient (Wildman–Crippen LogP) is 2.36. The summed E-state index contributed by atoms with van der Waals surface area (Å²) >= 11 is 0. The Morgan fingerprint density at radius 3 is 2.93 bits per heavy atom. The second-order valence-corrected chi connectivity index (χ2v) is 3.64. The molecule has 0 saturated heterocycles. The van der Waals surface area contributed by atoms with Gasteiger partial charge in [-0.3, -0.25) is 0 Å². The SMILES string of the molecule is COc1cccc2oc(CC(C)O)cc12. The van der Waals surface area contributed by atoms with Gasteiger partial charge in [0.25, 0.3) is 0 Å². The summed E-state index contributed by atoms with van der Waals surface area (Å²) in [7, 11) is 1.64. The predicted molar refractivity (Wildman–Crippen MR) is 58.2 cm³/mol. The van der Waals surface area contributed by atoms with E-state index in [2.05, 4.69) is 0 Å². The topological polar surface area (TPSA) is 42.6 Å². The van der Waals surface area contributed by atoms with E-state index < -0.39 is 6.10 Å². The first kappa shape index (κ1) is 10.1. The van der Waals surface area contributed by atoms with Crippen molar-refractivity contribution in [2.75, 3.05) is 7.11 Å². The number of ether oxygens (including phenoxy) is 1. The van der Waals surface area contributed by atoms with Crippen LogP contribution < -0.4 is 4.74 Å². The summed E-state index contributed by atoms with van der Waals surface area (Å²) in [6, 6.07) is 7.59. The molecule has 0 saturated carbocycles. The fourth-order valence-corrected chi connectivity index (χ4v) is 1.66. The molecule has 3 nitrogen and oxygen atoms in total.